The molecule has 0 unspecified atom stereocenters. The molecule has 1 aromatic heterocycles. The number of nitrogens with one attached hydrogen (secondary N) is 2. The highest BCUT2D eigenvalue weighted by atomic mass is 32.2. The highest BCUT2D eigenvalue weighted by Crippen LogP contribution is 2.17. The number of aromatic nitrogens is 2. The van der Waals surface area contributed by atoms with Crippen molar-refractivity contribution in [3.63, 3.8) is 0 Å². The number of carbonyl (C=O) groups is 1. The summed E-state index contributed by atoms with van der Waals surface area (Å²) in [5, 5.41) is 3.25. The summed E-state index contributed by atoms with van der Waals surface area (Å²) in [6, 6.07) is 7.18. The molecule has 24 heavy (non-hydrogen) atoms. The van der Waals surface area contributed by atoms with Crippen LogP contribution >= 0.6 is 11.8 Å². The standard InChI is InChI=1S/C17H21N3O3S/c1-4-14-11(3)18-17(20-16(14)22)24-10-15(21)19-12-6-8-13(9-7-12)23-5-2/h6-9H,4-5,10H2,1-3H3,(H,19,21)(H,18,20,22). The highest BCUT2D eigenvalue weighted by molar-refractivity contribution is 7.99. The maximum atomic E-state index is 12.0. The van der Waals surface area contributed by atoms with Crippen LogP contribution in [0.1, 0.15) is 25.1 Å². The van der Waals surface area contributed by atoms with E-state index in [4.69, 9.17) is 4.74 Å². The molecule has 0 aliphatic heterocycles. The van der Waals surface area contributed by atoms with E-state index in [0.717, 1.165) is 5.75 Å². The fourth-order valence-corrected chi connectivity index (χ4v) is 2.91. The Kier molecular flexibility index (Phi) is 6.43. The third kappa shape index (κ3) is 4.86. The van der Waals surface area contributed by atoms with Crippen LogP contribution < -0.4 is 15.6 Å². The molecule has 6 nitrogen and oxygen atoms in total. The second kappa shape index (κ2) is 8.54. The number of thioether (sulfide) groups is 1. The van der Waals surface area contributed by atoms with Crippen LogP contribution in [0, 0.1) is 6.92 Å². The second-order valence-corrected chi connectivity index (χ2v) is 6.05. The molecule has 1 heterocycles. The first-order chi connectivity index (χ1) is 11.5. The lowest BCUT2D eigenvalue weighted by Gasteiger charge is -2.08. The number of nitrogens with zero attached hydrogens (tertiary/aromatic N) is 1. The SMILES string of the molecule is CCOc1ccc(NC(=O)CSc2nc(C)c(CC)c(=O)[nH]2)cc1. The molecule has 1 aromatic carbocycles. The fourth-order valence-electron chi connectivity index (χ4n) is 2.20. The van der Waals surface area contributed by atoms with Crippen LogP contribution in [-0.2, 0) is 11.2 Å². The van der Waals surface area contributed by atoms with Crippen molar-refractivity contribution >= 4 is 23.4 Å². The lowest BCUT2D eigenvalue weighted by Crippen LogP contribution is -2.18. The number of anilines is 1. The number of amides is 1. The average Bonchev–Trinajstić information content (AvgIpc) is 2.55. The van der Waals surface area contributed by atoms with Crippen molar-refractivity contribution in [1.82, 2.24) is 9.97 Å². The quantitative estimate of drug-likeness (QED) is 0.594. The Balaban J connectivity index is 1.92. The van der Waals surface area contributed by atoms with Crippen molar-refractivity contribution in [2.75, 3.05) is 17.7 Å². The van der Waals surface area contributed by atoms with Crippen molar-refractivity contribution in [1.29, 1.82) is 0 Å². The molecule has 0 saturated heterocycles. The van der Waals surface area contributed by atoms with Gasteiger partial charge < -0.3 is 15.0 Å². The van der Waals surface area contributed by atoms with E-state index in [9.17, 15) is 9.59 Å². The van der Waals surface area contributed by atoms with Gasteiger partial charge in [-0.3, -0.25) is 9.59 Å². The predicted octanol–water partition coefficient (Wildman–Crippen LogP) is 2.77. The lowest BCUT2D eigenvalue weighted by atomic mass is 10.2. The zero-order chi connectivity index (χ0) is 17.5. The Morgan fingerprint density at radius 1 is 1.29 bits per heavy atom. The van der Waals surface area contributed by atoms with Crippen molar-refractivity contribution in [2.45, 2.75) is 32.3 Å². The van der Waals surface area contributed by atoms with Gasteiger partial charge in [-0.15, -0.1) is 0 Å². The minimum atomic E-state index is -0.163. The van der Waals surface area contributed by atoms with E-state index in [1.54, 1.807) is 31.2 Å². The molecular formula is C17H21N3O3S. The third-order valence-electron chi connectivity index (χ3n) is 3.34. The normalized spacial score (nSPS) is 10.5. The van der Waals surface area contributed by atoms with Gasteiger partial charge in [0.05, 0.1) is 12.4 Å². The summed E-state index contributed by atoms with van der Waals surface area (Å²) in [6.07, 6.45) is 0.636. The monoisotopic (exact) mass is 347 g/mol. The van der Waals surface area contributed by atoms with Gasteiger partial charge in [-0.25, -0.2) is 4.98 Å². The lowest BCUT2D eigenvalue weighted by molar-refractivity contribution is -0.113. The average molecular weight is 347 g/mol. The highest BCUT2D eigenvalue weighted by Gasteiger charge is 2.09. The van der Waals surface area contributed by atoms with Gasteiger partial charge >= 0.3 is 0 Å². The molecule has 7 heteroatoms. The number of rotatable bonds is 7. The molecule has 0 aliphatic rings. The maximum absolute atomic E-state index is 12.0. The summed E-state index contributed by atoms with van der Waals surface area (Å²) >= 11 is 1.20. The second-order valence-electron chi connectivity index (χ2n) is 5.08. The smallest absolute Gasteiger partial charge is 0.254 e. The van der Waals surface area contributed by atoms with E-state index in [0.29, 0.717) is 35.1 Å². The van der Waals surface area contributed by atoms with E-state index >= 15 is 0 Å². The molecule has 0 fully saturated rings. The van der Waals surface area contributed by atoms with Crippen LogP contribution in [0.3, 0.4) is 0 Å². The number of aryl methyl sites for hydroxylation is 1. The van der Waals surface area contributed by atoms with Gasteiger partial charge in [0.15, 0.2) is 5.16 Å². The van der Waals surface area contributed by atoms with E-state index in [-0.39, 0.29) is 17.2 Å². The van der Waals surface area contributed by atoms with E-state index in [1.165, 1.54) is 11.8 Å². The zero-order valence-corrected chi connectivity index (χ0v) is 14.8. The van der Waals surface area contributed by atoms with Crippen LogP contribution in [0.5, 0.6) is 5.75 Å². The number of carbonyl (C=O) groups excluding carboxylic acids is 1. The van der Waals surface area contributed by atoms with Crippen LogP contribution in [0.25, 0.3) is 0 Å². The van der Waals surface area contributed by atoms with E-state index < -0.39 is 0 Å². The molecule has 2 rings (SSSR count). The van der Waals surface area contributed by atoms with Gasteiger partial charge in [0.2, 0.25) is 5.91 Å². The Morgan fingerprint density at radius 3 is 2.58 bits per heavy atom. The number of aromatic amines is 1. The molecule has 0 saturated carbocycles. The molecule has 0 radical (unpaired) electrons. The van der Waals surface area contributed by atoms with Gasteiger partial charge in [0.25, 0.3) is 5.56 Å². The Bertz CT molecular complexity index is 757. The summed E-state index contributed by atoms with van der Waals surface area (Å²) in [4.78, 5) is 30.9. The summed E-state index contributed by atoms with van der Waals surface area (Å²) < 4.78 is 5.35. The largest absolute Gasteiger partial charge is 0.494 e. The van der Waals surface area contributed by atoms with Gasteiger partial charge in [0, 0.05) is 16.9 Å². The molecule has 0 atom stereocenters. The Hall–Kier alpha value is -2.28. The van der Waals surface area contributed by atoms with Crippen molar-refractivity contribution in [3.8, 4) is 5.75 Å². The molecule has 0 aliphatic carbocycles. The molecule has 0 bridgehead atoms. The minimum Gasteiger partial charge on any atom is -0.494 e. The van der Waals surface area contributed by atoms with Crippen molar-refractivity contribution < 1.29 is 9.53 Å². The molecular weight excluding hydrogens is 326 g/mol. The molecule has 2 aromatic rings. The van der Waals surface area contributed by atoms with Crippen LogP contribution in [0.2, 0.25) is 0 Å². The zero-order valence-electron chi connectivity index (χ0n) is 14.0. The van der Waals surface area contributed by atoms with Gasteiger partial charge in [0.1, 0.15) is 5.75 Å². The third-order valence-corrected chi connectivity index (χ3v) is 4.22. The number of H-pyrrole nitrogens is 1. The topological polar surface area (TPSA) is 84.1 Å². The summed E-state index contributed by atoms with van der Waals surface area (Å²) in [6.45, 7) is 6.23. The first-order valence-corrected chi connectivity index (χ1v) is 8.77. The summed E-state index contributed by atoms with van der Waals surface area (Å²) in [5.41, 5.74) is 1.94. The van der Waals surface area contributed by atoms with E-state index in [2.05, 4.69) is 15.3 Å². The molecule has 2 N–H and O–H groups in total. The summed E-state index contributed by atoms with van der Waals surface area (Å²) in [7, 11) is 0. The molecule has 0 spiro atoms. The minimum absolute atomic E-state index is 0.139. The Labute approximate surface area is 145 Å². The van der Waals surface area contributed by atoms with E-state index in [1.807, 2.05) is 13.8 Å². The summed E-state index contributed by atoms with van der Waals surface area (Å²) in [5.74, 6) is 0.767. The van der Waals surface area contributed by atoms with Crippen LogP contribution in [-0.4, -0.2) is 28.2 Å². The maximum Gasteiger partial charge on any atom is 0.254 e. The van der Waals surface area contributed by atoms with Crippen LogP contribution in [0.15, 0.2) is 34.2 Å². The van der Waals surface area contributed by atoms with Crippen LogP contribution in [0.4, 0.5) is 5.69 Å². The van der Waals surface area contributed by atoms with Gasteiger partial charge in [-0.1, -0.05) is 18.7 Å². The molecule has 1 amide bonds. The van der Waals surface area contributed by atoms with Crippen molar-refractivity contribution in [3.05, 3.63) is 45.9 Å². The number of hydrogen-bond donors (Lipinski definition) is 2. The number of benzene rings is 1. The number of hydrogen-bond acceptors (Lipinski definition) is 5. The Morgan fingerprint density at radius 2 is 2.00 bits per heavy atom. The predicted molar refractivity (Wildman–Crippen MR) is 95.9 cm³/mol. The van der Waals surface area contributed by atoms with Gasteiger partial charge in [-0.05, 0) is 44.5 Å². The van der Waals surface area contributed by atoms with Crippen molar-refractivity contribution in [2.24, 2.45) is 0 Å². The van der Waals surface area contributed by atoms with Gasteiger partial charge in [-0.2, -0.15) is 0 Å². The molecule has 128 valence electrons. The number of ether oxygens (including phenoxy) is 1. The first-order valence-electron chi connectivity index (χ1n) is 7.78. The first kappa shape index (κ1) is 18.1. The fraction of sp³-hybridized carbons (Fsp3) is 0.353.